The molecule has 1 aromatic carbocycles. The second-order valence-corrected chi connectivity index (χ2v) is 4.37. The Morgan fingerprint density at radius 2 is 2.18 bits per heavy atom. The molecule has 6 heteroatoms. The summed E-state index contributed by atoms with van der Waals surface area (Å²) in [5, 5.41) is 3.12. The summed E-state index contributed by atoms with van der Waals surface area (Å²) in [6.07, 6.45) is 0.846. The van der Waals surface area contributed by atoms with Crippen molar-refractivity contribution in [3.8, 4) is 5.75 Å². The van der Waals surface area contributed by atoms with Crippen LogP contribution in [0, 0.1) is 0 Å². The largest absolute Gasteiger partial charge is 0.434 e. The van der Waals surface area contributed by atoms with Gasteiger partial charge in [0.1, 0.15) is 5.75 Å². The Balaban J connectivity index is 2.63. The van der Waals surface area contributed by atoms with Gasteiger partial charge in [-0.1, -0.05) is 15.9 Å². The molecular formula is C11H15BrF2N2O. The van der Waals surface area contributed by atoms with E-state index in [0.717, 1.165) is 17.4 Å². The molecule has 0 fully saturated rings. The molecule has 0 saturated carbocycles. The van der Waals surface area contributed by atoms with Crippen LogP contribution in [-0.2, 0) is 6.54 Å². The van der Waals surface area contributed by atoms with Crippen molar-refractivity contribution in [2.75, 3.05) is 13.1 Å². The fraction of sp³-hybridized carbons (Fsp3) is 0.455. The lowest BCUT2D eigenvalue weighted by Gasteiger charge is -2.11. The van der Waals surface area contributed by atoms with Crippen molar-refractivity contribution in [3.63, 3.8) is 0 Å². The molecule has 0 spiro atoms. The van der Waals surface area contributed by atoms with Crippen molar-refractivity contribution in [3.05, 3.63) is 28.2 Å². The Morgan fingerprint density at radius 3 is 2.82 bits per heavy atom. The lowest BCUT2D eigenvalue weighted by atomic mass is 10.2. The molecule has 0 radical (unpaired) electrons. The second kappa shape index (κ2) is 7.58. The number of hydrogen-bond donors (Lipinski definition) is 2. The van der Waals surface area contributed by atoms with Crippen LogP contribution in [0.15, 0.2) is 22.7 Å². The van der Waals surface area contributed by atoms with Gasteiger partial charge in [0.15, 0.2) is 0 Å². The van der Waals surface area contributed by atoms with Crippen molar-refractivity contribution in [1.82, 2.24) is 5.32 Å². The van der Waals surface area contributed by atoms with Crippen molar-refractivity contribution in [2.24, 2.45) is 5.73 Å². The molecule has 0 aromatic heterocycles. The minimum Gasteiger partial charge on any atom is -0.434 e. The Labute approximate surface area is 107 Å². The molecule has 0 atom stereocenters. The zero-order chi connectivity index (χ0) is 12.7. The first kappa shape index (κ1) is 14.3. The van der Waals surface area contributed by atoms with Gasteiger partial charge in [0, 0.05) is 16.6 Å². The van der Waals surface area contributed by atoms with Crippen LogP contribution in [0.4, 0.5) is 8.78 Å². The zero-order valence-electron chi connectivity index (χ0n) is 9.26. The maximum absolute atomic E-state index is 12.2. The van der Waals surface area contributed by atoms with Crippen molar-refractivity contribution >= 4 is 15.9 Å². The SMILES string of the molecule is NCCCNCc1cc(Br)ccc1OC(F)F. The van der Waals surface area contributed by atoms with Gasteiger partial charge in [-0.2, -0.15) is 8.78 Å². The Bertz CT molecular complexity index is 350. The lowest BCUT2D eigenvalue weighted by molar-refractivity contribution is -0.0505. The van der Waals surface area contributed by atoms with Crippen molar-refractivity contribution in [2.45, 2.75) is 19.6 Å². The summed E-state index contributed by atoms with van der Waals surface area (Å²) in [7, 11) is 0. The third kappa shape index (κ3) is 5.43. The highest BCUT2D eigenvalue weighted by atomic mass is 79.9. The lowest BCUT2D eigenvalue weighted by Crippen LogP contribution is -2.18. The molecule has 3 nitrogen and oxygen atoms in total. The predicted octanol–water partition coefficient (Wildman–Crippen LogP) is 2.49. The van der Waals surface area contributed by atoms with Crippen LogP contribution in [0.5, 0.6) is 5.75 Å². The van der Waals surface area contributed by atoms with E-state index in [1.807, 2.05) is 0 Å². The number of hydrogen-bond acceptors (Lipinski definition) is 3. The van der Waals surface area contributed by atoms with Gasteiger partial charge in [-0.15, -0.1) is 0 Å². The molecule has 0 unspecified atom stereocenters. The van der Waals surface area contributed by atoms with E-state index in [1.165, 1.54) is 6.07 Å². The fourth-order valence-corrected chi connectivity index (χ4v) is 1.76. The van der Waals surface area contributed by atoms with Crippen LogP contribution in [0.3, 0.4) is 0 Å². The molecule has 0 aliphatic heterocycles. The summed E-state index contributed by atoms with van der Waals surface area (Å²) >= 11 is 3.29. The van der Waals surface area contributed by atoms with E-state index in [-0.39, 0.29) is 5.75 Å². The number of rotatable bonds is 7. The van der Waals surface area contributed by atoms with E-state index in [4.69, 9.17) is 5.73 Å². The van der Waals surface area contributed by atoms with Gasteiger partial charge in [0.2, 0.25) is 0 Å². The van der Waals surface area contributed by atoms with Crippen LogP contribution in [-0.4, -0.2) is 19.7 Å². The van der Waals surface area contributed by atoms with Gasteiger partial charge >= 0.3 is 6.61 Å². The molecule has 0 bridgehead atoms. The van der Waals surface area contributed by atoms with E-state index in [2.05, 4.69) is 26.0 Å². The van der Waals surface area contributed by atoms with Crippen LogP contribution in [0.25, 0.3) is 0 Å². The number of ether oxygens (including phenoxy) is 1. The van der Waals surface area contributed by atoms with E-state index in [0.29, 0.717) is 18.7 Å². The quantitative estimate of drug-likeness (QED) is 0.761. The average Bonchev–Trinajstić information content (AvgIpc) is 2.27. The topological polar surface area (TPSA) is 47.3 Å². The van der Waals surface area contributed by atoms with Gasteiger partial charge in [-0.25, -0.2) is 0 Å². The molecule has 0 saturated heterocycles. The molecule has 0 heterocycles. The number of halogens is 3. The van der Waals surface area contributed by atoms with Crippen LogP contribution >= 0.6 is 15.9 Å². The standard InChI is InChI=1S/C11H15BrF2N2O/c12-9-2-3-10(17-11(13)14)8(6-9)7-16-5-1-4-15/h2-3,6,11,16H,1,4-5,7,15H2. The Hall–Kier alpha value is -0.720. The third-order valence-corrected chi connectivity index (χ3v) is 2.60. The highest BCUT2D eigenvalue weighted by Crippen LogP contribution is 2.24. The third-order valence-electron chi connectivity index (χ3n) is 2.11. The molecule has 3 N–H and O–H groups in total. The minimum atomic E-state index is -2.81. The summed E-state index contributed by atoms with van der Waals surface area (Å²) in [4.78, 5) is 0. The summed E-state index contributed by atoms with van der Waals surface area (Å²) in [6.45, 7) is -0.983. The normalized spacial score (nSPS) is 10.9. The molecule has 1 aromatic rings. The van der Waals surface area contributed by atoms with Crippen molar-refractivity contribution < 1.29 is 13.5 Å². The first-order valence-electron chi connectivity index (χ1n) is 5.27. The van der Waals surface area contributed by atoms with Crippen molar-refractivity contribution in [1.29, 1.82) is 0 Å². The highest BCUT2D eigenvalue weighted by molar-refractivity contribution is 9.10. The first-order chi connectivity index (χ1) is 8.13. The van der Waals surface area contributed by atoms with Crippen LogP contribution in [0.2, 0.25) is 0 Å². The van der Waals surface area contributed by atoms with Gasteiger partial charge in [-0.05, 0) is 37.7 Å². The molecule has 0 aliphatic carbocycles. The number of benzene rings is 1. The number of nitrogens with one attached hydrogen (secondary N) is 1. The van der Waals surface area contributed by atoms with E-state index < -0.39 is 6.61 Å². The molecule has 0 aliphatic rings. The van der Waals surface area contributed by atoms with Gasteiger partial charge < -0.3 is 15.8 Å². The molecule has 1 rings (SSSR count). The number of nitrogens with two attached hydrogens (primary N) is 1. The molecule has 96 valence electrons. The van der Waals surface area contributed by atoms with Crippen LogP contribution in [0.1, 0.15) is 12.0 Å². The van der Waals surface area contributed by atoms with Gasteiger partial charge in [-0.3, -0.25) is 0 Å². The summed E-state index contributed by atoms with van der Waals surface area (Å²) in [6, 6.07) is 4.95. The Morgan fingerprint density at radius 1 is 1.41 bits per heavy atom. The summed E-state index contributed by atoms with van der Waals surface area (Å²) in [5.74, 6) is 0.198. The summed E-state index contributed by atoms with van der Waals surface area (Å²) in [5.41, 5.74) is 6.05. The fourth-order valence-electron chi connectivity index (χ4n) is 1.35. The highest BCUT2D eigenvalue weighted by Gasteiger charge is 2.09. The molecule has 0 amide bonds. The maximum Gasteiger partial charge on any atom is 0.387 e. The Kier molecular flexibility index (Phi) is 6.39. The van der Waals surface area contributed by atoms with E-state index in [1.54, 1.807) is 12.1 Å². The first-order valence-corrected chi connectivity index (χ1v) is 6.07. The zero-order valence-corrected chi connectivity index (χ0v) is 10.8. The second-order valence-electron chi connectivity index (χ2n) is 3.45. The average molecular weight is 309 g/mol. The molecular weight excluding hydrogens is 294 g/mol. The van der Waals surface area contributed by atoms with E-state index >= 15 is 0 Å². The predicted molar refractivity (Wildman–Crippen MR) is 66.2 cm³/mol. The molecule has 17 heavy (non-hydrogen) atoms. The number of alkyl halides is 2. The van der Waals surface area contributed by atoms with Crippen LogP contribution < -0.4 is 15.8 Å². The minimum absolute atomic E-state index is 0.198. The maximum atomic E-state index is 12.2. The van der Waals surface area contributed by atoms with Gasteiger partial charge in [0.05, 0.1) is 0 Å². The van der Waals surface area contributed by atoms with Gasteiger partial charge in [0.25, 0.3) is 0 Å². The summed E-state index contributed by atoms with van der Waals surface area (Å²) < 4.78 is 29.6. The smallest absolute Gasteiger partial charge is 0.387 e. The monoisotopic (exact) mass is 308 g/mol. The van der Waals surface area contributed by atoms with E-state index in [9.17, 15) is 8.78 Å².